The average molecular weight is 239 g/mol. The first-order chi connectivity index (χ1) is 6.27. The van der Waals surface area contributed by atoms with Gasteiger partial charge in [0.05, 0.1) is 6.61 Å². The molecule has 2 aliphatic rings. The first-order valence-electron chi connectivity index (χ1n) is 4.69. The van der Waals surface area contributed by atoms with Crippen molar-refractivity contribution < 1.29 is 4.74 Å². The quantitative estimate of drug-likeness (QED) is 0.675. The third kappa shape index (κ3) is 1.28. The molecule has 1 aromatic rings. The van der Waals surface area contributed by atoms with Crippen molar-refractivity contribution in [2.75, 3.05) is 6.61 Å². The van der Waals surface area contributed by atoms with Gasteiger partial charge in [0.15, 0.2) is 0 Å². The number of benzene rings is 1. The van der Waals surface area contributed by atoms with Crippen molar-refractivity contribution in [1.82, 2.24) is 0 Å². The van der Waals surface area contributed by atoms with E-state index in [1.54, 1.807) is 0 Å². The molecule has 0 amide bonds. The summed E-state index contributed by atoms with van der Waals surface area (Å²) < 4.78 is 6.90. The summed E-state index contributed by atoms with van der Waals surface area (Å²) in [4.78, 5) is 0. The molecule has 0 bridgehead atoms. The fourth-order valence-corrected chi connectivity index (χ4v) is 2.42. The third-order valence-electron chi connectivity index (χ3n) is 3.08. The molecule has 1 nitrogen and oxygen atoms in total. The molecule has 0 saturated heterocycles. The van der Waals surface area contributed by atoms with Gasteiger partial charge in [-0.3, -0.25) is 0 Å². The number of hydrogen-bond donors (Lipinski definition) is 0. The van der Waals surface area contributed by atoms with E-state index in [1.165, 1.54) is 24.8 Å². The van der Waals surface area contributed by atoms with E-state index in [0.717, 1.165) is 16.8 Å². The molecular weight excluding hydrogens is 228 g/mol. The zero-order valence-electron chi connectivity index (χ0n) is 7.35. The van der Waals surface area contributed by atoms with Gasteiger partial charge >= 0.3 is 0 Å². The SMILES string of the molecule is Brc1ccc2c(c1)CC1(CC1)CO2. The predicted molar refractivity (Wildman–Crippen MR) is 55.0 cm³/mol. The van der Waals surface area contributed by atoms with Crippen LogP contribution < -0.4 is 4.74 Å². The van der Waals surface area contributed by atoms with Gasteiger partial charge in [-0.1, -0.05) is 15.9 Å². The van der Waals surface area contributed by atoms with E-state index in [1.807, 2.05) is 6.07 Å². The maximum atomic E-state index is 5.74. The average Bonchev–Trinajstić information content (AvgIpc) is 2.84. The van der Waals surface area contributed by atoms with Gasteiger partial charge in [-0.15, -0.1) is 0 Å². The van der Waals surface area contributed by atoms with Gasteiger partial charge in [0, 0.05) is 9.89 Å². The molecule has 68 valence electrons. The fraction of sp³-hybridized carbons (Fsp3) is 0.455. The minimum atomic E-state index is 0.522. The number of hydrogen-bond acceptors (Lipinski definition) is 1. The summed E-state index contributed by atoms with van der Waals surface area (Å²) in [7, 11) is 0. The lowest BCUT2D eigenvalue weighted by atomic mass is 9.94. The van der Waals surface area contributed by atoms with Crippen molar-refractivity contribution in [2.24, 2.45) is 5.41 Å². The van der Waals surface area contributed by atoms with Crippen LogP contribution in [0.2, 0.25) is 0 Å². The predicted octanol–water partition coefficient (Wildman–Crippen LogP) is 3.16. The molecule has 1 spiro atoms. The Hall–Kier alpha value is -0.500. The lowest BCUT2D eigenvalue weighted by molar-refractivity contribution is 0.207. The monoisotopic (exact) mass is 238 g/mol. The highest BCUT2D eigenvalue weighted by atomic mass is 79.9. The molecule has 0 aromatic heterocycles. The highest BCUT2D eigenvalue weighted by Crippen LogP contribution is 2.52. The standard InChI is InChI=1S/C11H11BrO/c12-9-1-2-10-8(5-9)6-11(3-4-11)7-13-10/h1-2,5H,3-4,6-7H2. The number of rotatable bonds is 0. The van der Waals surface area contributed by atoms with E-state index in [0.29, 0.717) is 5.41 Å². The second kappa shape index (κ2) is 2.50. The molecule has 0 N–H and O–H groups in total. The molecule has 0 radical (unpaired) electrons. The van der Waals surface area contributed by atoms with Gasteiger partial charge in [-0.2, -0.15) is 0 Å². The van der Waals surface area contributed by atoms with Crippen LogP contribution in [0.25, 0.3) is 0 Å². The van der Waals surface area contributed by atoms with E-state index >= 15 is 0 Å². The van der Waals surface area contributed by atoms with Crippen LogP contribution in [0.4, 0.5) is 0 Å². The van der Waals surface area contributed by atoms with Crippen molar-refractivity contribution in [3.63, 3.8) is 0 Å². The van der Waals surface area contributed by atoms with Crippen LogP contribution in [0, 0.1) is 5.41 Å². The molecule has 1 fully saturated rings. The summed E-state index contributed by atoms with van der Waals surface area (Å²) >= 11 is 3.49. The van der Waals surface area contributed by atoms with Crippen molar-refractivity contribution in [1.29, 1.82) is 0 Å². The maximum absolute atomic E-state index is 5.74. The Morgan fingerprint density at radius 3 is 2.92 bits per heavy atom. The van der Waals surface area contributed by atoms with Gasteiger partial charge in [-0.05, 0) is 43.0 Å². The number of ether oxygens (including phenoxy) is 1. The molecule has 1 aromatic carbocycles. The molecule has 0 atom stereocenters. The second-order valence-electron chi connectivity index (χ2n) is 4.22. The highest BCUT2D eigenvalue weighted by molar-refractivity contribution is 9.10. The summed E-state index contributed by atoms with van der Waals surface area (Å²) in [6.45, 7) is 0.932. The molecule has 3 rings (SSSR count). The Kier molecular flexibility index (Phi) is 1.51. The smallest absolute Gasteiger partial charge is 0.122 e. The van der Waals surface area contributed by atoms with Crippen molar-refractivity contribution in [3.8, 4) is 5.75 Å². The van der Waals surface area contributed by atoms with Gasteiger partial charge in [0.2, 0.25) is 0 Å². The van der Waals surface area contributed by atoms with Crippen LogP contribution >= 0.6 is 15.9 Å². The molecule has 1 heterocycles. The Labute approximate surface area is 86.2 Å². The lowest BCUT2D eigenvalue weighted by Gasteiger charge is -2.24. The minimum Gasteiger partial charge on any atom is -0.493 e. The van der Waals surface area contributed by atoms with Gasteiger partial charge in [-0.25, -0.2) is 0 Å². The molecule has 1 aliphatic heterocycles. The van der Waals surface area contributed by atoms with Gasteiger partial charge in [0.25, 0.3) is 0 Å². The molecular formula is C11H11BrO. The van der Waals surface area contributed by atoms with Gasteiger partial charge in [0.1, 0.15) is 5.75 Å². The Balaban J connectivity index is 2.02. The highest BCUT2D eigenvalue weighted by Gasteiger charge is 2.46. The summed E-state index contributed by atoms with van der Waals surface area (Å²) in [5.74, 6) is 1.08. The van der Waals surface area contributed by atoms with Crippen molar-refractivity contribution >= 4 is 15.9 Å². The van der Waals surface area contributed by atoms with Crippen LogP contribution in [0.3, 0.4) is 0 Å². The van der Waals surface area contributed by atoms with Gasteiger partial charge < -0.3 is 4.74 Å². The Morgan fingerprint density at radius 1 is 1.31 bits per heavy atom. The van der Waals surface area contributed by atoms with E-state index in [-0.39, 0.29) is 0 Å². The van der Waals surface area contributed by atoms with Crippen molar-refractivity contribution in [2.45, 2.75) is 19.3 Å². The summed E-state index contributed by atoms with van der Waals surface area (Å²) in [5, 5.41) is 0. The zero-order chi connectivity index (χ0) is 8.89. The number of fused-ring (bicyclic) bond motifs is 1. The Morgan fingerprint density at radius 2 is 2.15 bits per heavy atom. The third-order valence-corrected chi connectivity index (χ3v) is 3.57. The summed E-state index contributed by atoms with van der Waals surface area (Å²) in [6.07, 6.45) is 3.90. The van der Waals surface area contributed by atoms with Crippen LogP contribution in [0.5, 0.6) is 5.75 Å². The minimum absolute atomic E-state index is 0.522. The van der Waals surface area contributed by atoms with Crippen LogP contribution in [0.1, 0.15) is 18.4 Å². The normalized spacial score (nSPS) is 22.2. The summed E-state index contributed by atoms with van der Waals surface area (Å²) in [5.41, 5.74) is 1.89. The maximum Gasteiger partial charge on any atom is 0.122 e. The van der Waals surface area contributed by atoms with E-state index in [4.69, 9.17) is 4.74 Å². The second-order valence-corrected chi connectivity index (χ2v) is 5.13. The van der Waals surface area contributed by atoms with Crippen LogP contribution in [-0.4, -0.2) is 6.61 Å². The molecule has 0 unspecified atom stereocenters. The topological polar surface area (TPSA) is 9.23 Å². The summed E-state index contributed by atoms with van der Waals surface area (Å²) in [6, 6.07) is 6.30. The fourth-order valence-electron chi connectivity index (χ4n) is 2.01. The lowest BCUT2D eigenvalue weighted by Crippen LogP contribution is -2.21. The first-order valence-corrected chi connectivity index (χ1v) is 5.48. The molecule has 1 aliphatic carbocycles. The molecule has 13 heavy (non-hydrogen) atoms. The zero-order valence-corrected chi connectivity index (χ0v) is 8.93. The first kappa shape index (κ1) is 7.86. The van der Waals surface area contributed by atoms with E-state index in [2.05, 4.69) is 28.1 Å². The largest absolute Gasteiger partial charge is 0.493 e. The van der Waals surface area contributed by atoms with Crippen LogP contribution in [0.15, 0.2) is 22.7 Å². The number of halogens is 1. The molecule has 2 heteroatoms. The van der Waals surface area contributed by atoms with E-state index < -0.39 is 0 Å². The van der Waals surface area contributed by atoms with Crippen molar-refractivity contribution in [3.05, 3.63) is 28.2 Å². The van der Waals surface area contributed by atoms with E-state index in [9.17, 15) is 0 Å². The Bertz CT molecular complexity index is 355. The van der Waals surface area contributed by atoms with Crippen LogP contribution in [-0.2, 0) is 6.42 Å². The molecule has 1 saturated carbocycles.